The number of halogens is 4. The number of alkyl halides is 3. The van der Waals surface area contributed by atoms with Gasteiger partial charge < -0.3 is 4.57 Å². The Labute approximate surface area is 147 Å². The Hall–Kier alpha value is -3.33. The van der Waals surface area contributed by atoms with E-state index in [0.29, 0.717) is 11.4 Å². The highest BCUT2D eigenvalue weighted by atomic mass is 19.4. The summed E-state index contributed by atoms with van der Waals surface area (Å²) in [5, 5.41) is 9.37. The van der Waals surface area contributed by atoms with Gasteiger partial charge in [-0.05, 0) is 42.5 Å². The van der Waals surface area contributed by atoms with Crippen molar-refractivity contribution >= 4 is 11.6 Å². The van der Waals surface area contributed by atoms with Gasteiger partial charge in [-0.15, -0.1) is 0 Å². The number of aromatic nitrogens is 1. The van der Waals surface area contributed by atoms with Crippen molar-refractivity contribution in [1.82, 2.24) is 4.57 Å². The Morgan fingerprint density at radius 1 is 1.00 bits per heavy atom. The van der Waals surface area contributed by atoms with Gasteiger partial charge >= 0.3 is 6.18 Å². The maximum Gasteiger partial charge on any atom is 0.416 e. The van der Waals surface area contributed by atoms with Crippen molar-refractivity contribution in [2.24, 2.45) is 0 Å². The molecule has 2 nitrogen and oxygen atoms in total. The first-order chi connectivity index (χ1) is 12.4. The minimum Gasteiger partial charge on any atom is -0.317 e. The molecule has 6 heteroatoms. The van der Waals surface area contributed by atoms with E-state index in [1.54, 1.807) is 24.4 Å². The Morgan fingerprint density at radius 2 is 1.77 bits per heavy atom. The molecule has 0 spiro atoms. The third-order valence-electron chi connectivity index (χ3n) is 3.81. The molecule has 0 radical (unpaired) electrons. The van der Waals surface area contributed by atoms with Crippen molar-refractivity contribution in [3.05, 3.63) is 89.5 Å². The molecule has 0 N–H and O–H groups in total. The fraction of sp³-hybridized carbons (Fsp3) is 0.0500. The number of hydrogen-bond acceptors (Lipinski definition) is 1. The van der Waals surface area contributed by atoms with Crippen molar-refractivity contribution in [3.63, 3.8) is 0 Å². The van der Waals surface area contributed by atoms with Gasteiger partial charge in [0.15, 0.2) is 0 Å². The fourth-order valence-electron chi connectivity index (χ4n) is 2.58. The second kappa shape index (κ2) is 6.89. The molecule has 0 saturated carbocycles. The van der Waals surface area contributed by atoms with Crippen LogP contribution in [0.2, 0.25) is 0 Å². The van der Waals surface area contributed by atoms with Crippen LogP contribution in [0.4, 0.5) is 17.6 Å². The van der Waals surface area contributed by atoms with Crippen molar-refractivity contribution < 1.29 is 17.6 Å². The zero-order chi connectivity index (χ0) is 18.7. The maximum absolute atomic E-state index is 13.9. The monoisotopic (exact) mass is 356 g/mol. The van der Waals surface area contributed by atoms with E-state index in [-0.39, 0.29) is 11.1 Å². The highest BCUT2D eigenvalue weighted by Crippen LogP contribution is 2.31. The number of nitriles is 1. The summed E-state index contributed by atoms with van der Waals surface area (Å²) in [4.78, 5) is 0. The number of benzene rings is 2. The first-order valence-electron chi connectivity index (χ1n) is 7.62. The lowest BCUT2D eigenvalue weighted by molar-refractivity contribution is -0.137. The largest absolute Gasteiger partial charge is 0.416 e. The van der Waals surface area contributed by atoms with Crippen LogP contribution in [-0.2, 0) is 6.18 Å². The van der Waals surface area contributed by atoms with E-state index >= 15 is 0 Å². The number of hydrogen-bond donors (Lipinski definition) is 0. The van der Waals surface area contributed by atoms with Gasteiger partial charge in [-0.3, -0.25) is 0 Å². The molecule has 0 aliphatic rings. The Balaban J connectivity index is 2.07. The molecule has 0 unspecified atom stereocenters. The molecule has 0 fully saturated rings. The predicted molar refractivity (Wildman–Crippen MR) is 90.7 cm³/mol. The Morgan fingerprint density at radius 3 is 2.46 bits per heavy atom. The second-order valence-electron chi connectivity index (χ2n) is 5.50. The molecule has 26 heavy (non-hydrogen) atoms. The summed E-state index contributed by atoms with van der Waals surface area (Å²) in [5.41, 5.74) is 0.195. The molecular formula is C20H12F4N2. The molecule has 3 rings (SSSR count). The van der Waals surface area contributed by atoms with E-state index in [1.807, 2.05) is 6.07 Å². The van der Waals surface area contributed by atoms with Gasteiger partial charge in [0, 0.05) is 23.1 Å². The Kier molecular flexibility index (Phi) is 4.63. The van der Waals surface area contributed by atoms with Crippen LogP contribution in [0.5, 0.6) is 0 Å². The highest BCUT2D eigenvalue weighted by molar-refractivity contribution is 5.89. The lowest BCUT2D eigenvalue weighted by atomic mass is 10.1. The molecular weight excluding hydrogens is 344 g/mol. The van der Waals surface area contributed by atoms with Gasteiger partial charge in [0.25, 0.3) is 0 Å². The van der Waals surface area contributed by atoms with Gasteiger partial charge in [0.2, 0.25) is 0 Å². The van der Waals surface area contributed by atoms with Crippen LogP contribution in [0.1, 0.15) is 16.8 Å². The fourth-order valence-corrected chi connectivity index (χ4v) is 2.58. The average molecular weight is 356 g/mol. The number of allylic oxidation sites excluding steroid dienone is 1. The molecule has 1 heterocycles. The lowest BCUT2D eigenvalue weighted by Gasteiger charge is -2.11. The minimum atomic E-state index is -4.45. The average Bonchev–Trinajstić information content (AvgIpc) is 3.08. The van der Waals surface area contributed by atoms with Crippen LogP contribution >= 0.6 is 0 Å². The van der Waals surface area contributed by atoms with Crippen LogP contribution in [0.15, 0.2) is 66.9 Å². The van der Waals surface area contributed by atoms with Crippen molar-refractivity contribution in [2.45, 2.75) is 6.18 Å². The first-order valence-corrected chi connectivity index (χ1v) is 7.62. The van der Waals surface area contributed by atoms with E-state index < -0.39 is 17.6 Å². The first kappa shape index (κ1) is 17.5. The zero-order valence-corrected chi connectivity index (χ0v) is 13.3. The van der Waals surface area contributed by atoms with Gasteiger partial charge in [-0.2, -0.15) is 18.4 Å². The normalized spacial score (nSPS) is 12.0. The van der Waals surface area contributed by atoms with Gasteiger partial charge in [-0.25, -0.2) is 4.39 Å². The quantitative estimate of drug-likeness (QED) is 0.437. The van der Waals surface area contributed by atoms with Crippen LogP contribution in [-0.4, -0.2) is 4.57 Å². The Bertz CT molecular complexity index is 1010. The van der Waals surface area contributed by atoms with E-state index in [0.717, 1.165) is 12.1 Å². The minimum absolute atomic E-state index is 0.0787. The van der Waals surface area contributed by atoms with Gasteiger partial charge in [0.05, 0.1) is 17.2 Å². The second-order valence-corrected chi connectivity index (χ2v) is 5.50. The molecule has 0 atom stereocenters. The van der Waals surface area contributed by atoms with Gasteiger partial charge in [-0.1, -0.05) is 24.3 Å². The maximum atomic E-state index is 13.9. The SMILES string of the molecule is N#CC(=Cc1cccn1-c1cccc(C(F)(F)F)c1)c1ccccc1F. The number of nitrogens with zero attached hydrogens (tertiary/aromatic N) is 2. The summed E-state index contributed by atoms with van der Waals surface area (Å²) in [6, 6.07) is 15.9. The molecule has 130 valence electrons. The van der Waals surface area contributed by atoms with E-state index in [4.69, 9.17) is 0 Å². The van der Waals surface area contributed by atoms with Gasteiger partial charge in [0.1, 0.15) is 5.82 Å². The van der Waals surface area contributed by atoms with Crippen LogP contribution in [0, 0.1) is 17.1 Å². The van der Waals surface area contributed by atoms with E-state index in [9.17, 15) is 22.8 Å². The van der Waals surface area contributed by atoms with Crippen LogP contribution in [0.3, 0.4) is 0 Å². The summed E-state index contributed by atoms with van der Waals surface area (Å²) >= 11 is 0. The lowest BCUT2D eigenvalue weighted by Crippen LogP contribution is -2.06. The molecule has 0 amide bonds. The molecule has 1 aromatic heterocycles. The molecule has 0 aliphatic carbocycles. The van der Waals surface area contributed by atoms with Crippen LogP contribution in [0.25, 0.3) is 17.3 Å². The number of rotatable bonds is 3. The van der Waals surface area contributed by atoms with Crippen LogP contribution < -0.4 is 0 Å². The molecule has 0 bridgehead atoms. The summed E-state index contributed by atoms with van der Waals surface area (Å²) in [6.45, 7) is 0. The van der Waals surface area contributed by atoms with Crippen molar-refractivity contribution in [3.8, 4) is 11.8 Å². The van der Waals surface area contributed by atoms with Crippen molar-refractivity contribution in [2.75, 3.05) is 0 Å². The summed E-state index contributed by atoms with van der Waals surface area (Å²) in [7, 11) is 0. The summed E-state index contributed by atoms with van der Waals surface area (Å²) < 4.78 is 54.3. The van der Waals surface area contributed by atoms with Crippen molar-refractivity contribution in [1.29, 1.82) is 5.26 Å². The molecule has 0 saturated heterocycles. The molecule has 2 aromatic carbocycles. The molecule has 0 aliphatic heterocycles. The highest BCUT2D eigenvalue weighted by Gasteiger charge is 2.30. The summed E-state index contributed by atoms with van der Waals surface area (Å²) in [5.74, 6) is -0.544. The third kappa shape index (κ3) is 3.52. The molecule has 3 aromatic rings. The smallest absolute Gasteiger partial charge is 0.317 e. The third-order valence-corrected chi connectivity index (χ3v) is 3.81. The summed E-state index contributed by atoms with van der Waals surface area (Å²) in [6.07, 6.45) is -1.43. The standard InChI is InChI=1S/C20H12F4N2/c21-19-9-2-1-8-18(19)14(13-25)11-16-7-4-10-26(16)17-6-3-5-15(12-17)20(22,23)24/h1-12H. The predicted octanol–water partition coefficient (Wildman–Crippen LogP) is 5.70. The van der Waals surface area contributed by atoms with E-state index in [1.165, 1.54) is 41.0 Å². The topological polar surface area (TPSA) is 28.7 Å². The zero-order valence-electron chi connectivity index (χ0n) is 13.3. The van der Waals surface area contributed by atoms with E-state index in [2.05, 4.69) is 0 Å².